The number of alkyl carbamates (subject to hydrolysis) is 1. The number of aliphatic carboxylic acids is 1. The molecule has 1 aliphatic carbocycles. The molecule has 0 radical (unpaired) electrons. The Kier molecular flexibility index (Phi) is 9.25. The molecule has 5 rings (SSSR count). The van der Waals surface area contributed by atoms with Crippen LogP contribution in [0.25, 0.3) is 22.1 Å². The van der Waals surface area contributed by atoms with E-state index < -0.39 is 29.6 Å². The molecule has 1 atom stereocenters. The molecule has 3 aromatic carbocycles. The van der Waals surface area contributed by atoms with Crippen LogP contribution in [0.3, 0.4) is 0 Å². The summed E-state index contributed by atoms with van der Waals surface area (Å²) in [5.41, 5.74) is 3.59. The van der Waals surface area contributed by atoms with Crippen LogP contribution >= 0.6 is 0 Å². The second kappa shape index (κ2) is 13.6. The van der Waals surface area contributed by atoms with Gasteiger partial charge >= 0.3 is 17.7 Å². The Balaban J connectivity index is 1.08. The van der Waals surface area contributed by atoms with Gasteiger partial charge in [0.2, 0.25) is 0 Å². The van der Waals surface area contributed by atoms with Gasteiger partial charge in [0.1, 0.15) is 36.2 Å². The fourth-order valence-corrected chi connectivity index (χ4v) is 5.27. The van der Waals surface area contributed by atoms with E-state index in [-0.39, 0.29) is 43.2 Å². The van der Waals surface area contributed by atoms with Gasteiger partial charge in [0, 0.05) is 23.9 Å². The van der Waals surface area contributed by atoms with Gasteiger partial charge in [-0.1, -0.05) is 54.5 Å². The van der Waals surface area contributed by atoms with Crippen molar-refractivity contribution < 1.29 is 33.4 Å². The third kappa shape index (κ3) is 6.73. The van der Waals surface area contributed by atoms with Crippen molar-refractivity contribution in [3.63, 3.8) is 0 Å². The zero-order chi connectivity index (χ0) is 31.1. The highest BCUT2D eigenvalue weighted by atomic mass is 16.5. The van der Waals surface area contributed by atoms with E-state index in [0.29, 0.717) is 24.0 Å². The molecule has 4 aromatic rings. The fourth-order valence-electron chi connectivity index (χ4n) is 5.27. The Morgan fingerprint density at radius 2 is 1.68 bits per heavy atom. The Labute approximate surface area is 253 Å². The van der Waals surface area contributed by atoms with Gasteiger partial charge in [-0.25, -0.2) is 14.4 Å². The van der Waals surface area contributed by atoms with E-state index in [2.05, 4.69) is 16.6 Å². The van der Waals surface area contributed by atoms with Crippen molar-refractivity contribution in [2.45, 2.75) is 31.2 Å². The molecule has 0 saturated heterocycles. The van der Waals surface area contributed by atoms with Gasteiger partial charge in [-0.2, -0.15) is 0 Å². The monoisotopic (exact) mass is 594 g/mol. The molecular formula is C34H30N2O8. The molecule has 0 unspecified atom stereocenters. The summed E-state index contributed by atoms with van der Waals surface area (Å²) in [7, 11) is 0. The number of unbranched alkanes of at least 4 members (excludes halogenated alkanes) is 1. The number of carboxylic acid groups (broad SMARTS) is 1. The van der Waals surface area contributed by atoms with E-state index >= 15 is 0 Å². The van der Waals surface area contributed by atoms with Crippen LogP contribution in [0.4, 0.5) is 4.79 Å². The number of fused-ring (bicyclic) bond motifs is 4. The quantitative estimate of drug-likeness (QED) is 0.122. The number of benzene rings is 3. The number of amides is 2. The summed E-state index contributed by atoms with van der Waals surface area (Å²) in [5, 5.41) is 15.2. The molecule has 3 N–H and O–H groups in total. The van der Waals surface area contributed by atoms with Crippen molar-refractivity contribution in [2.75, 3.05) is 19.8 Å². The highest BCUT2D eigenvalue weighted by Gasteiger charge is 2.29. The zero-order valence-electron chi connectivity index (χ0n) is 23.7. The lowest BCUT2D eigenvalue weighted by Gasteiger charge is -2.17. The number of carboxylic acids is 1. The lowest BCUT2D eigenvalue weighted by molar-refractivity contribution is -0.139. The summed E-state index contributed by atoms with van der Waals surface area (Å²) in [4.78, 5) is 49.4. The SMILES string of the molecule is C#CCOc1ccc2cc(C(=O)NCCCC[C@H](NC(=O)OCC3c4ccccc4-c4ccccc43)C(=O)O)c(=O)oc2c1. The molecule has 1 heterocycles. The Bertz CT molecular complexity index is 1760. The topological polar surface area (TPSA) is 144 Å². The Morgan fingerprint density at radius 1 is 0.977 bits per heavy atom. The highest BCUT2D eigenvalue weighted by molar-refractivity contribution is 5.96. The number of terminal acetylenes is 1. The molecule has 1 aromatic heterocycles. The minimum absolute atomic E-state index is 0.0644. The first kappa shape index (κ1) is 29.9. The van der Waals surface area contributed by atoms with Gasteiger partial charge < -0.3 is 29.6 Å². The van der Waals surface area contributed by atoms with E-state index in [1.807, 2.05) is 48.5 Å². The third-order valence-electron chi connectivity index (χ3n) is 7.41. The van der Waals surface area contributed by atoms with Crippen molar-refractivity contribution in [2.24, 2.45) is 0 Å². The molecule has 44 heavy (non-hydrogen) atoms. The van der Waals surface area contributed by atoms with Crippen LogP contribution in [0.15, 0.2) is 82.0 Å². The zero-order valence-corrected chi connectivity index (χ0v) is 23.7. The minimum atomic E-state index is -1.19. The van der Waals surface area contributed by atoms with Crippen LogP contribution < -0.4 is 21.0 Å². The molecule has 0 fully saturated rings. The van der Waals surface area contributed by atoms with Gasteiger partial charge in [-0.3, -0.25) is 4.79 Å². The van der Waals surface area contributed by atoms with Gasteiger partial charge in [0.05, 0.1) is 0 Å². The van der Waals surface area contributed by atoms with Gasteiger partial charge in [0.15, 0.2) is 0 Å². The second-order valence-corrected chi connectivity index (χ2v) is 10.3. The van der Waals surface area contributed by atoms with Crippen molar-refractivity contribution in [1.29, 1.82) is 0 Å². The van der Waals surface area contributed by atoms with E-state index in [9.17, 15) is 24.3 Å². The molecule has 0 bridgehead atoms. The number of nitrogens with one attached hydrogen (secondary N) is 2. The molecule has 1 aliphatic rings. The van der Waals surface area contributed by atoms with Gasteiger partial charge in [0.25, 0.3) is 5.91 Å². The summed E-state index contributed by atoms with van der Waals surface area (Å²) < 4.78 is 16.1. The maximum Gasteiger partial charge on any atom is 0.407 e. The number of hydrogen-bond acceptors (Lipinski definition) is 7. The van der Waals surface area contributed by atoms with Crippen molar-refractivity contribution in [1.82, 2.24) is 10.6 Å². The predicted molar refractivity (Wildman–Crippen MR) is 163 cm³/mol. The van der Waals surface area contributed by atoms with Gasteiger partial charge in [-0.05, 0) is 59.7 Å². The van der Waals surface area contributed by atoms with E-state index in [4.69, 9.17) is 20.3 Å². The normalized spacial score (nSPS) is 12.4. The van der Waals surface area contributed by atoms with Crippen LogP contribution in [0.1, 0.15) is 46.7 Å². The molecule has 0 spiro atoms. The Morgan fingerprint density at radius 3 is 2.36 bits per heavy atom. The van der Waals surface area contributed by atoms with Crippen LogP contribution in [0, 0.1) is 12.3 Å². The molecule has 224 valence electrons. The first-order valence-corrected chi connectivity index (χ1v) is 14.1. The lowest BCUT2D eigenvalue weighted by atomic mass is 9.98. The van der Waals surface area contributed by atoms with Crippen molar-refractivity contribution in [3.05, 3.63) is 99.9 Å². The van der Waals surface area contributed by atoms with E-state index in [1.54, 1.807) is 12.1 Å². The highest BCUT2D eigenvalue weighted by Crippen LogP contribution is 2.44. The minimum Gasteiger partial charge on any atom is -0.481 e. The maximum absolute atomic E-state index is 12.6. The summed E-state index contributed by atoms with van der Waals surface area (Å²) in [6.45, 7) is 0.322. The van der Waals surface area contributed by atoms with Crippen molar-refractivity contribution in [3.8, 4) is 29.2 Å². The molecule has 10 heteroatoms. The maximum atomic E-state index is 12.6. The number of carbonyl (C=O) groups excluding carboxylic acids is 2. The van der Waals surface area contributed by atoms with Crippen molar-refractivity contribution >= 4 is 28.9 Å². The second-order valence-electron chi connectivity index (χ2n) is 10.3. The van der Waals surface area contributed by atoms with Gasteiger partial charge in [-0.15, -0.1) is 6.42 Å². The first-order valence-electron chi connectivity index (χ1n) is 14.1. The largest absolute Gasteiger partial charge is 0.481 e. The standard InChI is InChI=1S/C34H30N2O8/c1-2-17-42-22-15-14-21-18-27(33(40)44-30(21)19-22)31(37)35-16-8-7-13-29(32(38)39)36-34(41)43-20-28-25-11-5-3-9-23(25)24-10-4-6-12-26(24)28/h1,3-6,9-12,14-15,18-19,28-29H,7-8,13,16-17,20H2,(H,35,37)(H,36,41)(H,38,39)/t29-/m0/s1. The average Bonchev–Trinajstić information content (AvgIpc) is 3.35. The number of carbonyl (C=O) groups is 3. The number of hydrogen-bond donors (Lipinski definition) is 3. The third-order valence-corrected chi connectivity index (χ3v) is 7.41. The molecule has 0 aliphatic heterocycles. The smallest absolute Gasteiger partial charge is 0.407 e. The lowest BCUT2D eigenvalue weighted by Crippen LogP contribution is -2.41. The summed E-state index contributed by atoms with van der Waals surface area (Å²) in [6, 6.07) is 20.9. The van der Waals surface area contributed by atoms with Crippen LogP contribution in [0.2, 0.25) is 0 Å². The van der Waals surface area contributed by atoms with Crippen LogP contribution in [0.5, 0.6) is 5.75 Å². The van der Waals surface area contributed by atoms with Crippen LogP contribution in [-0.2, 0) is 9.53 Å². The fraction of sp³-hybridized carbons (Fsp3) is 0.235. The first-order chi connectivity index (χ1) is 21.4. The number of rotatable bonds is 12. The summed E-state index contributed by atoms with van der Waals surface area (Å²) in [5.74, 6) is 0.836. The summed E-state index contributed by atoms with van der Waals surface area (Å²) >= 11 is 0. The van der Waals surface area contributed by atoms with E-state index in [1.165, 1.54) is 12.1 Å². The number of ether oxygens (including phenoxy) is 2. The average molecular weight is 595 g/mol. The molecule has 10 nitrogen and oxygen atoms in total. The van der Waals surface area contributed by atoms with E-state index in [0.717, 1.165) is 22.3 Å². The molecule has 0 saturated carbocycles. The van der Waals surface area contributed by atoms with Crippen LogP contribution in [-0.4, -0.2) is 48.9 Å². The summed E-state index contributed by atoms with van der Waals surface area (Å²) in [6.07, 6.45) is 5.29. The molecule has 2 amide bonds. The Hall–Kier alpha value is -5.56. The predicted octanol–water partition coefficient (Wildman–Crippen LogP) is 4.70. The molecular weight excluding hydrogens is 564 g/mol.